The molecule has 10 heavy (non-hydrogen) atoms. The molecule has 0 unspecified atom stereocenters. The van der Waals surface area contributed by atoms with E-state index in [1.165, 1.54) is 7.05 Å². The number of aliphatic hydroxyl groups is 1. The summed E-state index contributed by atoms with van der Waals surface area (Å²) in [7, 11) is 1.53. The van der Waals surface area contributed by atoms with E-state index >= 15 is 0 Å². The van der Waals surface area contributed by atoms with Gasteiger partial charge >= 0.3 is 5.97 Å². The lowest BCUT2D eigenvalue weighted by atomic mass is 10.5. The second-order valence-electron chi connectivity index (χ2n) is 1.51. The molecule has 0 atom stereocenters. The van der Waals surface area contributed by atoms with Crippen LogP contribution in [0, 0.1) is 0 Å². The molecule has 2 N–H and O–H groups in total. The summed E-state index contributed by atoms with van der Waals surface area (Å²) in [4.78, 5) is 10.7. The number of esters is 1. The first kappa shape index (κ1) is 8.81. The van der Waals surface area contributed by atoms with Crippen LogP contribution >= 0.6 is 0 Å². The molecular formula is C6H11NO3. The van der Waals surface area contributed by atoms with Crippen molar-refractivity contribution >= 4 is 5.97 Å². The average molecular weight is 145 g/mol. The number of carbonyl (C=O) groups excluding carboxylic acids is 1. The van der Waals surface area contributed by atoms with Crippen LogP contribution in [0.4, 0.5) is 0 Å². The summed E-state index contributed by atoms with van der Waals surface area (Å²) in [5.74, 6) is -0.549. The summed E-state index contributed by atoms with van der Waals surface area (Å²) in [6, 6.07) is 0. The average Bonchev–Trinajstić information content (AvgIpc) is 1.91. The van der Waals surface area contributed by atoms with Crippen molar-refractivity contribution in [1.82, 2.24) is 5.32 Å². The van der Waals surface area contributed by atoms with E-state index in [0.717, 1.165) is 0 Å². The molecule has 0 fully saturated rings. The standard InChI is InChI=1S/C6H11NO3/c1-3-10-6(9)5(4-8)7-2/h4,7-8H,3H2,1-2H3/b5-4+. The van der Waals surface area contributed by atoms with Gasteiger partial charge in [-0.3, -0.25) is 0 Å². The number of nitrogens with one attached hydrogen (secondary N) is 1. The molecular weight excluding hydrogens is 134 g/mol. The molecule has 0 aliphatic rings. The fourth-order valence-electron chi connectivity index (χ4n) is 0.428. The molecule has 0 bridgehead atoms. The highest BCUT2D eigenvalue weighted by Gasteiger charge is 2.06. The summed E-state index contributed by atoms with van der Waals surface area (Å²) in [5.41, 5.74) is 0.0573. The summed E-state index contributed by atoms with van der Waals surface area (Å²) in [6.45, 7) is 2.00. The zero-order valence-corrected chi connectivity index (χ0v) is 6.05. The molecule has 0 saturated carbocycles. The Kier molecular flexibility index (Phi) is 4.11. The van der Waals surface area contributed by atoms with Gasteiger partial charge in [0.05, 0.1) is 6.61 Å². The minimum atomic E-state index is -0.549. The monoisotopic (exact) mass is 145 g/mol. The van der Waals surface area contributed by atoms with Crippen molar-refractivity contribution in [2.45, 2.75) is 6.92 Å². The number of ether oxygens (including phenoxy) is 1. The fraction of sp³-hybridized carbons (Fsp3) is 0.500. The quantitative estimate of drug-likeness (QED) is 0.337. The maximum absolute atomic E-state index is 10.7. The second kappa shape index (κ2) is 4.67. The van der Waals surface area contributed by atoms with E-state index in [2.05, 4.69) is 10.1 Å². The van der Waals surface area contributed by atoms with Crippen LogP contribution in [-0.2, 0) is 9.53 Å². The number of hydrogen-bond acceptors (Lipinski definition) is 4. The summed E-state index contributed by atoms with van der Waals surface area (Å²) >= 11 is 0. The molecule has 4 nitrogen and oxygen atoms in total. The third-order valence-corrected chi connectivity index (χ3v) is 0.894. The molecule has 0 aliphatic heterocycles. The molecule has 0 aliphatic carbocycles. The van der Waals surface area contributed by atoms with E-state index in [9.17, 15) is 4.79 Å². The van der Waals surface area contributed by atoms with Crippen LogP contribution < -0.4 is 5.32 Å². The summed E-state index contributed by atoms with van der Waals surface area (Å²) < 4.78 is 4.56. The van der Waals surface area contributed by atoms with Crippen LogP contribution in [0.1, 0.15) is 6.92 Å². The minimum Gasteiger partial charge on any atom is -0.513 e. The molecule has 0 saturated heterocycles. The third kappa shape index (κ3) is 2.39. The Hall–Kier alpha value is -1.19. The Morgan fingerprint density at radius 3 is 2.70 bits per heavy atom. The van der Waals surface area contributed by atoms with Crippen molar-refractivity contribution in [2.24, 2.45) is 0 Å². The summed E-state index contributed by atoms with van der Waals surface area (Å²) in [5, 5.41) is 10.9. The van der Waals surface area contributed by atoms with E-state index in [-0.39, 0.29) is 5.70 Å². The van der Waals surface area contributed by atoms with E-state index in [1.54, 1.807) is 6.92 Å². The van der Waals surface area contributed by atoms with Crippen LogP contribution in [0.15, 0.2) is 12.0 Å². The van der Waals surface area contributed by atoms with E-state index in [4.69, 9.17) is 5.11 Å². The Morgan fingerprint density at radius 1 is 1.80 bits per heavy atom. The zero-order chi connectivity index (χ0) is 7.98. The van der Waals surface area contributed by atoms with Gasteiger partial charge in [-0.05, 0) is 6.92 Å². The first-order chi connectivity index (χ1) is 4.76. The van der Waals surface area contributed by atoms with Gasteiger partial charge in [-0.1, -0.05) is 0 Å². The molecule has 4 heteroatoms. The van der Waals surface area contributed by atoms with Gasteiger partial charge in [0.1, 0.15) is 6.26 Å². The topological polar surface area (TPSA) is 58.6 Å². The SMILES string of the molecule is CCOC(=O)/C(=C\O)NC. The van der Waals surface area contributed by atoms with Crippen molar-refractivity contribution in [3.8, 4) is 0 Å². The Labute approximate surface area is 59.5 Å². The Bertz CT molecular complexity index is 142. The first-order valence-electron chi connectivity index (χ1n) is 2.95. The predicted molar refractivity (Wildman–Crippen MR) is 36.4 cm³/mol. The minimum absolute atomic E-state index is 0.0573. The van der Waals surface area contributed by atoms with Crippen molar-refractivity contribution < 1.29 is 14.6 Å². The highest BCUT2D eigenvalue weighted by molar-refractivity contribution is 5.87. The number of aliphatic hydroxyl groups excluding tert-OH is 1. The second-order valence-corrected chi connectivity index (χ2v) is 1.51. The zero-order valence-electron chi connectivity index (χ0n) is 6.05. The van der Waals surface area contributed by atoms with E-state index in [0.29, 0.717) is 12.9 Å². The molecule has 0 rings (SSSR count). The molecule has 0 aromatic rings. The maximum Gasteiger partial charge on any atom is 0.357 e. The van der Waals surface area contributed by atoms with Crippen LogP contribution in [0.5, 0.6) is 0 Å². The third-order valence-electron chi connectivity index (χ3n) is 0.894. The Balaban J connectivity index is 3.91. The highest BCUT2D eigenvalue weighted by Crippen LogP contribution is 1.89. The van der Waals surface area contributed by atoms with Crippen LogP contribution in [0.2, 0.25) is 0 Å². The Morgan fingerprint density at radius 2 is 2.40 bits per heavy atom. The van der Waals surface area contributed by atoms with Gasteiger partial charge < -0.3 is 15.2 Å². The maximum atomic E-state index is 10.7. The molecule has 0 aromatic carbocycles. The van der Waals surface area contributed by atoms with Crippen molar-refractivity contribution in [3.63, 3.8) is 0 Å². The lowest BCUT2D eigenvalue weighted by Gasteiger charge is -2.02. The molecule has 0 spiro atoms. The predicted octanol–water partition coefficient (Wildman–Crippen LogP) is 0.168. The van der Waals surface area contributed by atoms with Crippen LogP contribution in [-0.4, -0.2) is 24.7 Å². The molecule has 0 radical (unpaired) electrons. The largest absolute Gasteiger partial charge is 0.513 e. The van der Waals surface area contributed by atoms with E-state index < -0.39 is 5.97 Å². The number of likely N-dealkylation sites (N-methyl/N-ethyl adjacent to an activating group) is 1. The van der Waals surface area contributed by atoms with Gasteiger partial charge in [0.2, 0.25) is 0 Å². The number of rotatable bonds is 3. The highest BCUT2D eigenvalue weighted by atomic mass is 16.5. The van der Waals surface area contributed by atoms with Crippen LogP contribution in [0.25, 0.3) is 0 Å². The molecule has 0 amide bonds. The molecule has 0 heterocycles. The van der Waals surface area contributed by atoms with Crippen molar-refractivity contribution in [1.29, 1.82) is 0 Å². The summed E-state index contributed by atoms with van der Waals surface area (Å²) in [6.07, 6.45) is 0.679. The van der Waals surface area contributed by atoms with Crippen molar-refractivity contribution in [3.05, 3.63) is 12.0 Å². The number of carbonyl (C=O) groups is 1. The lowest BCUT2D eigenvalue weighted by molar-refractivity contribution is -0.139. The normalized spacial score (nSPS) is 10.8. The van der Waals surface area contributed by atoms with Crippen molar-refractivity contribution in [2.75, 3.05) is 13.7 Å². The van der Waals surface area contributed by atoms with Gasteiger partial charge in [-0.15, -0.1) is 0 Å². The van der Waals surface area contributed by atoms with E-state index in [1.807, 2.05) is 0 Å². The number of hydrogen-bond donors (Lipinski definition) is 2. The van der Waals surface area contributed by atoms with Crippen LogP contribution in [0.3, 0.4) is 0 Å². The van der Waals surface area contributed by atoms with Gasteiger partial charge in [0.15, 0.2) is 5.70 Å². The smallest absolute Gasteiger partial charge is 0.357 e. The van der Waals surface area contributed by atoms with Gasteiger partial charge in [0.25, 0.3) is 0 Å². The lowest BCUT2D eigenvalue weighted by Crippen LogP contribution is -2.18. The molecule has 58 valence electrons. The molecule has 0 aromatic heterocycles. The first-order valence-corrected chi connectivity index (χ1v) is 2.95. The van der Waals surface area contributed by atoms with Gasteiger partial charge in [0, 0.05) is 7.05 Å². The van der Waals surface area contributed by atoms with Gasteiger partial charge in [-0.25, -0.2) is 4.79 Å². The fourth-order valence-corrected chi connectivity index (χ4v) is 0.428. The van der Waals surface area contributed by atoms with Gasteiger partial charge in [-0.2, -0.15) is 0 Å².